The summed E-state index contributed by atoms with van der Waals surface area (Å²) in [6.45, 7) is 5.95. The van der Waals surface area contributed by atoms with Gasteiger partial charge in [0.1, 0.15) is 5.92 Å². The number of pyridine rings is 1. The fourth-order valence-corrected chi connectivity index (χ4v) is 3.65. The van der Waals surface area contributed by atoms with Gasteiger partial charge in [0.25, 0.3) is 0 Å². The van der Waals surface area contributed by atoms with E-state index in [1.807, 2.05) is 45.0 Å². The van der Waals surface area contributed by atoms with E-state index in [9.17, 15) is 9.59 Å². The molecule has 0 saturated heterocycles. The molecule has 0 N–H and O–H groups in total. The van der Waals surface area contributed by atoms with Crippen LogP contribution in [0, 0.1) is 20.8 Å². The second-order valence-electron chi connectivity index (χ2n) is 6.32. The molecule has 1 aromatic heterocycles. The Hall–Kier alpha value is -2.07. The Morgan fingerprint density at radius 1 is 1.12 bits per heavy atom. The zero-order chi connectivity index (χ0) is 17.4. The summed E-state index contributed by atoms with van der Waals surface area (Å²) in [5, 5.41) is 0. The predicted octanol–water partition coefficient (Wildman–Crippen LogP) is 4.48. The molecule has 1 unspecified atom stereocenters. The summed E-state index contributed by atoms with van der Waals surface area (Å²) in [5.74, 6) is -0.800. The molecule has 4 heteroatoms. The van der Waals surface area contributed by atoms with E-state index in [1.165, 1.54) is 0 Å². The molecule has 1 aromatic carbocycles. The van der Waals surface area contributed by atoms with E-state index < -0.39 is 5.92 Å². The number of carbonyl (C=O) groups excluding carboxylic acids is 2. The number of rotatable bonds is 2. The molecule has 0 aliphatic heterocycles. The van der Waals surface area contributed by atoms with Crippen molar-refractivity contribution in [2.45, 2.75) is 33.1 Å². The van der Waals surface area contributed by atoms with Gasteiger partial charge in [0.2, 0.25) is 0 Å². The fourth-order valence-electron chi connectivity index (χ4n) is 3.42. The molecule has 3 nitrogen and oxygen atoms in total. The smallest absolute Gasteiger partial charge is 0.174 e. The number of allylic oxidation sites excluding steroid dienone is 1. The highest BCUT2D eigenvalue weighted by molar-refractivity contribution is 9.10. The van der Waals surface area contributed by atoms with Gasteiger partial charge in [0, 0.05) is 22.7 Å². The first-order valence-corrected chi connectivity index (χ1v) is 8.63. The first kappa shape index (κ1) is 16.8. The lowest BCUT2D eigenvalue weighted by Gasteiger charge is -2.15. The van der Waals surface area contributed by atoms with Crippen LogP contribution in [0.25, 0.3) is 6.08 Å². The van der Waals surface area contributed by atoms with Crippen molar-refractivity contribution in [1.82, 2.24) is 4.98 Å². The standard InChI is InChI=1S/C20H18BrNO2/c1-11-6-12(2)18(13(3)7-11)19-17(23)9-14(20(19)24)8-16-5-4-15(21)10-22-16/h4-8,10,19H,9H2,1-3H3. The minimum atomic E-state index is -0.674. The molecule has 122 valence electrons. The molecule has 1 atom stereocenters. The molecule has 1 fully saturated rings. The zero-order valence-electron chi connectivity index (χ0n) is 13.9. The predicted molar refractivity (Wildman–Crippen MR) is 97.9 cm³/mol. The van der Waals surface area contributed by atoms with Crippen LogP contribution in [-0.4, -0.2) is 16.6 Å². The van der Waals surface area contributed by atoms with Crippen molar-refractivity contribution in [2.24, 2.45) is 0 Å². The van der Waals surface area contributed by atoms with E-state index in [0.717, 1.165) is 26.7 Å². The van der Waals surface area contributed by atoms with Gasteiger partial charge in [-0.15, -0.1) is 0 Å². The molecule has 1 aliphatic carbocycles. The Kier molecular flexibility index (Phi) is 4.50. The van der Waals surface area contributed by atoms with Crippen molar-refractivity contribution in [1.29, 1.82) is 0 Å². The summed E-state index contributed by atoms with van der Waals surface area (Å²) in [6, 6.07) is 7.75. The average molecular weight is 384 g/mol. The topological polar surface area (TPSA) is 47.0 Å². The van der Waals surface area contributed by atoms with Crippen molar-refractivity contribution in [2.75, 3.05) is 0 Å². The van der Waals surface area contributed by atoms with Crippen LogP contribution in [-0.2, 0) is 9.59 Å². The van der Waals surface area contributed by atoms with Gasteiger partial charge >= 0.3 is 0 Å². The lowest BCUT2D eigenvalue weighted by Crippen LogP contribution is -2.15. The Morgan fingerprint density at radius 3 is 2.38 bits per heavy atom. The van der Waals surface area contributed by atoms with Crippen molar-refractivity contribution in [3.05, 3.63) is 68.5 Å². The van der Waals surface area contributed by atoms with E-state index in [4.69, 9.17) is 0 Å². The van der Waals surface area contributed by atoms with E-state index in [2.05, 4.69) is 20.9 Å². The van der Waals surface area contributed by atoms with Crippen molar-refractivity contribution in [3.8, 4) is 0 Å². The van der Waals surface area contributed by atoms with Gasteiger partial charge in [-0.3, -0.25) is 14.6 Å². The third-order valence-electron chi connectivity index (χ3n) is 4.36. The number of hydrogen-bond donors (Lipinski definition) is 0. The number of halogens is 1. The molecular formula is C20H18BrNO2. The molecule has 0 amide bonds. The number of carbonyl (C=O) groups is 2. The highest BCUT2D eigenvalue weighted by Crippen LogP contribution is 2.36. The maximum atomic E-state index is 12.9. The number of Topliss-reactive ketones (excluding diaryl/α,β-unsaturated/α-hetero) is 2. The number of hydrogen-bond acceptors (Lipinski definition) is 3. The van der Waals surface area contributed by atoms with Gasteiger partial charge in [-0.1, -0.05) is 17.7 Å². The first-order valence-electron chi connectivity index (χ1n) is 7.83. The van der Waals surface area contributed by atoms with Crippen LogP contribution in [0.1, 0.15) is 40.3 Å². The van der Waals surface area contributed by atoms with Crippen molar-refractivity contribution >= 4 is 33.6 Å². The van der Waals surface area contributed by atoms with E-state index in [0.29, 0.717) is 11.3 Å². The minimum Gasteiger partial charge on any atom is -0.298 e. The second kappa shape index (κ2) is 6.44. The molecule has 0 spiro atoms. The molecule has 0 radical (unpaired) electrons. The minimum absolute atomic E-state index is 0.0292. The van der Waals surface area contributed by atoms with Crippen molar-refractivity contribution in [3.63, 3.8) is 0 Å². The van der Waals surface area contributed by atoms with Gasteiger partial charge < -0.3 is 0 Å². The van der Waals surface area contributed by atoms with E-state index in [-0.39, 0.29) is 18.0 Å². The maximum absolute atomic E-state index is 12.9. The second-order valence-corrected chi connectivity index (χ2v) is 7.24. The highest BCUT2D eigenvalue weighted by Gasteiger charge is 2.39. The summed E-state index contributed by atoms with van der Waals surface area (Å²) in [4.78, 5) is 29.6. The zero-order valence-corrected chi connectivity index (χ0v) is 15.5. The van der Waals surface area contributed by atoms with Crippen molar-refractivity contribution < 1.29 is 9.59 Å². The SMILES string of the molecule is Cc1cc(C)c(C2C(=O)CC(=Cc3ccc(Br)cn3)C2=O)c(C)c1. The molecule has 1 aliphatic rings. The van der Waals surface area contributed by atoms with Crippen LogP contribution in [0.5, 0.6) is 0 Å². The highest BCUT2D eigenvalue weighted by atomic mass is 79.9. The Labute approximate surface area is 149 Å². The summed E-state index contributed by atoms with van der Waals surface area (Å²) < 4.78 is 0.877. The van der Waals surface area contributed by atoms with Gasteiger partial charge in [-0.25, -0.2) is 0 Å². The van der Waals surface area contributed by atoms with E-state index >= 15 is 0 Å². The van der Waals surface area contributed by atoms with Crippen LogP contribution in [0.4, 0.5) is 0 Å². The lowest BCUT2D eigenvalue weighted by atomic mass is 9.87. The number of benzene rings is 1. The molecular weight excluding hydrogens is 366 g/mol. The van der Waals surface area contributed by atoms with Crippen LogP contribution in [0.2, 0.25) is 0 Å². The Balaban J connectivity index is 2.00. The van der Waals surface area contributed by atoms with Crippen LogP contribution in [0.15, 0.2) is 40.5 Å². The summed E-state index contributed by atoms with van der Waals surface area (Å²) in [6.07, 6.45) is 3.58. The third-order valence-corrected chi connectivity index (χ3v) is 4.83. The number of aryl methyl sites for hydroxylation is 3. The molecule has 1 saturated carbocycles. The number of nitrogens with zero attached hydrogens (tertiary/aromatic N) is 1. The van der Waals surface area contributed by atoms with Crippen LogP contribution in [0.3, 0.4) is 0 Å². The van der Waals surface area contributed by atoms with Gasteiger partial charge in [0.05, 0.1) is 5.69 Å². The van der Waals surface area contributed by atoms with Gasteiger partial charge in [-0.2, -0.15) is 0 Å². The summed E-state index contributed by atoms with van der Waals surface area (Å²) in [5.41, 5.74) is 5.24. The first-order chi connectivity index (χ1) is 11.4. The average Bonchev–Trinajstić information content (AvgIpc) is 2.76. The van der Waals surface area contributed by atoms with Crippen LogP contribution >= 0.6 is 15.9 Å². The Morgan fingerprint density at radius 2 is 1.79 bits per heavy atom. The molecule has 3 rings (SSSR count). The normalized spacial score (nSPS) is 19.3. The number of aromatic nitrogens is 1. The van der Waals surface area contributed by atoms with Gasteiger partial charge in [-0.05, 0) is 71.6 Å². The maximum Gasteiger partial charge on any atom is 0.174 e. The third kappa shape index (κ3) is 3.11. The van der Waals surface area contributed by atoms with Gasteiger partial charge in [0.15, 0.2) is 11.6 Å². The monoisotopic (exact) mass is 383 g/mol. The Bertz CT molecular complexity index is 843. The molecule has 1 heterocycles. The summed E-state index contributed by atoms with van der Waals surface area (Å²) >= 11 is 3.34. The van der Waals surface area contributed by atoms with Crippen LogP contribution < -0.4 is 0 Å². The largest absolute Gasteiger partial charge is 0.298 e. The molecule has 0 bridgehead atoms. The molecule has 2 aromatic rings. The quantitative estimate of drug-likeness (QED) is 0.567. The van der Waals surface area contributed by atoms with E-state index in [1.54, 1.807) is 12.3 Å². The lowest BCUT2D eigenvalue weighted by molar-refractivity contribution is -0.123. The summed E-state index contributed by atoms with van der Waals surface area (Å²) in [7, 11) is 0. The molecule has 24 heavy (non-hydrogen) atoms. The number of ketones is 2. The fraction of sp³-hybridized carbons (Fsp3) is 0.250.